The van der Waals surface area contributed by atoms with E-state index in [1.54, 1.807) is 4.90 Å². The summed E-state index contributed by atoms with van der Waals surface area (Å²) in [6.45, 7) is 2.54. The molecule has 2 heterocycles. The number of piperidine rings is 1. The molecule has 1 aliphatic heterocycles. The van der Waals surface area contributed by atoms with Crippen LogP contribution >= 0.6 is 0 Å². The van der Waals surface area contributed by atoms with Gasteiger partial charge in [-0.15, -0.1) is 0 Å². The molecule has 4 nitrogen and oxygen atoms in total. The van der Waals surface area contributed by atoms with Gasteiger partial charge in [0.2, 0.25) is 0 Å². The fraction of sp³-hybridized carbons (Fsp3) is 0.583. The molecule has 0 saturated carbocycles. The van der Waals surface area contributed by atoms with Crippen molar-refractivity contribution in [2.24, 2.45) is 5.92 Å². The number of aryl methyl sites for hydroxylation is 1. The molecule has 0 radical (unpaired) electrons. The smallest absolute Gasteiger partial charge is 0.356 e. The van der Waals surface area contributed by atoms with E-state index < -0.39 is 11.9 Å². The van der Waals surface area contributed by atoms with E-state index in [1.165, 1.54) is 6.92 Å². The van der Waals surface area contributed by atoms with Gasteiger partial charge in [0, 0.05) is 25.1 Å². The zero-order valence-electron chi connectivity index (χ0n) is 10.4. The van der Waals surface area contributed by atoms with Gasteiger partial charge in [0.25, 0.3) is 0 Å². The zero-order chi connectivity index (χ0) is 14.0. The molecule has 0 unspecified atom stereocenters. The molecule has 1 fully saturated rings. The van der Waals surface area contributed by atoms with Gasteiger partial charge in [0.15, 0.2) is 0 Å². The lowest BCUT2D eigenvalue weighted by Gasteiger charge is -2.30. The molecule has 0 spiro atoms. The Morgan fingerprint density at radius 2 is 1.95 bits per heavy atom. The van der Waals surface area contributed by atoms with E-state index in [0.29, 0.717) is 25.9 Å². The molecule has 1 aromatic rings. The molecule has 1 saturated heterocycles. The lowest BCUT2D eigenvalue weighted by molar-refractivity contribution is -0.141. The number of hydrogen-bond donors (Lipinski definition) is 0. The van der Waals surface area contributed by atoms with Crippen LogP contribution in [0.5, 0.6) is 0 Å². The number of aromatic nitrogens is 2. The van der Waals surface area contributed by atoms with Gasteiger partial charge in [0.1, 0.15) is 17.3 Å². The summed E-state index contributed by atoms with van der Waals surface area (Å²) in [4.78, 5) is 9.25. The Hall–Kier alpha value is -1.84. The number of alkyl halides is 3. The maximum absolute atomic E-state index is 12.7. The molecule has 1 aromatic heterocycles. The highest BCUT2D eigenvalue weighted by molar-refractivity contribution is 5.41. The molecule has 0 N–H and O–H groups in total. The highest BCUT2D eigenvalue weighted by Crippen LogP contribution is 2.30. The van der Waals surface area contributed by atoms with Crippen LogP contribution in [0.3, 0.4) is 0 Å². The molecule has 0 aliphatic carbocycles. The van der Waals surface area contributed by atoms with Crippen molar-refractivity contribution in [1.82, 2.24) is 9.97 Å². The Labute approximate surface area is 108 Å². The van der Waals surface area contributed by atoms with Gasteiger partial charge in [-0.05, 0) is 19.8 Å². The number of hydrogen-bond acceptors (Lipinski definition) is 4. The van der Waals surface area contributed by atoms with Gasteiger partial charge in [-0.3, -0.25) is 0 Å². The molecule has 102 valence electrons. The predicted octanol–water partition coefficient (Wildman–Crippen LogP) is 2.54. The van der Waals surface area contributed by atoms with Crippen molar-refractivity contribution < 1.29 is 13.2 Å². The summed E-state index contributed by atoms with van der Waals surface area (Å²) in [5.41, 5.74) is -0.919. The van der Waals surface area contributed by atoms with Crippen LogP contribution in [0, 0.1) is 24.2 Å². The quantitative estimate of drug-likeness (QED) is 0.787. The van der Waals surface area contributed by atoms with Gasteiger partial charge in [-0.25, -0.2) is 9.97 Å². The van der Waals surface area contributed by atoms with Crippen LogP contribution < -0.4 is 4.90 Å². The standard InChI is InChI=1S/C12H13F3N4/c1-8-17-10(12(13,14)15)6-11(18-8)19-4-2-9(7-16)3-5-19/h6,9H,2-5H2,1H3. The molecule has 19 heavy (non-hydrogen) atoms. The van der Waals surface area contributed by atoms with Crippen molar-refractivity contribution in [3.63, 3.8) is 0 Å². The van der Waals surface area contributed by atoms with E-state index in [4.69, 9.17) is 5.26 Å². The summed E-state index contributed by atoms with van der Waals surface area (Å²) in [5.74, 6) is 0.379. The third-order valence-corrected chi connectivity index (χ3v) is 3.12. The van der Waals surface area contributed by atoms with E-state index in [9.17, 15) is 13.2 Å². The highest BCUT2D eigenvalue weighted by Gasteiger charge is 2.34. The first kappa shape index (κ1) is 13.6. The maximum atomic E-state index is 12.7. The molecule has 0 atom stereocenters. The molecule has 2 rings (SSSR count). The molecule has 0 bridgehead atoms. The number of nitrogens with zero attached hydrogens (tertiary/aromatic N) is 4. The normalized spacial score (nSPS) is 17.3. The van der Waals surface area contributed by atoms with Crippen molar-refractivity contribution >= 4 is 5.82 Å². The number of anilines is 1. The van der Waals surface area contributed by atoms with Gasteiger partial charge in [-0.2, -0.15) is 18.4 Å². The van der Waals surface area contributed by atoms with Crippen LogP contribution in [-0.4, -0.2) is 23.1 Å². The van der Waals surface area contributed by atoms with Gasteiger partial charge in [0.05, 0.1) is 6.07 Å². The fourth-order valence-electron chi connectivity index (χ4n) is 2.10. The Bertz CT molecular complexity index is 499. The van der Waals surface area contributed by atoms with Crippen LogP contribution in [0.4, 0.5) is 19.0 Å². The fourth-order valence-corrected chi connectivity index (χ4v) is 2.10. The largest absolute Gasteiger partial charge is 0.433 e. The highest BCUT2D eigenvalue weighted by atomic mass is 19.4. The summed E-state index contributed by atoms with van der Waals surface area (Å²) >= 11 is 0. The molecule has 0 amide bonds. The van der Waals surface area contributed by atoms with Crippen LogP contribution in [-0.2, 0) is 6.18 Å². The van der Waals surface area contributed by atoms with Crippen molar-refractivity contribution in [3.05, 3.63) is 17.6 Å². The third-order valence-electron chi connectivity index (χ3n) is 3.12. The molecule has 1 aliphatic rings. The minimum absolute atomic E-state index is 0.0127. The second-order valence-corrected chi connectivity index (χ2v) is 4.55. The summed E-state index contributed by atoms with van der Waals surface area (Å²) < 4.78 is 38.0. The lowest BCUT2D eigenvalue weighted by atomic mass is 9.99. The average Bonchev–Trinajstić information content (AvgIpc) is 2.37. The second kappa shape index (κ2) is 5.03. The van der Waals surface area contributed by atoms with Crippen molar-refractivity contribution in [2.75, 3.05) is 18.0 Å². The monoisotopic (exact) mass is 270 g/mol. The first-order chi connectivity index (χ1) is 8.90. The van der Waals surface area contributed by atoms with Crippen molar-refractivity contribution in [3.8, 4) is 6.07 Å². The first-order valence-corrected chi connectivity index (χ1v) is 5.97. The second-order valence-electron chi connectivity index (χ2n) is 4.55. The van der Waals surface area contributed by atoms with Gasteiger partial charge in [-0.1, -0.05) is 0 Å². The Morgan fingerprint density at radius 1 is 1.32 bits per heavy atom. The maximum Gasteiger partial charge on any atom is 0.433 e. The predicted molar refractivity (Wildman–Crippen MR) is 62.3 cm³/mol. The molecular formula is C12H13F3N4. The summed E-state index contributed by atoms with van der Waals surface area (Å²) in [6, 6.07) is 3.16. The van der Waals surface area contributed by atoms with Crippen LogP contribution in [0.2, 0.25) is 0 Å². The first-order valence-electron chi connectivity index (χ1n) is 5.97. The molecule has 0 aromatic carbocycles. The zero-order valence-corrected chi connectivity index (χ0v) is 10.4. The van der Waals surface area contributed by atoms with E-state index in [-0.39, 0.29) is 17.6 Å². The van der Waals surface area contributed by atoms with Crippen LogP contribution in [0.25, 0.3) is 0 Å². The Morgan fingerprint density at radius 3 is 2.47 bits per heavy atom. The van der Waals surface area contributed by atoms with E-state index >= 15 is 0 Å². The minimum atomic E-state index is -4.46. The molecular weight excluding hydrogens is 257 g/mol. The Balaban J connectivity index is 2.22. The third kappa shape index (κ3) is 3.13. The van der Waals surface area contributed by atoms with E-state index in [1.807, 2.05) is 0 Å². The number of rotatable bonds is 1. The van der Waals surface area contributed by atoms with Gasteiger partial charge >= 0.3 is 6.18 Å². The molecule has 7 heteroatoms. The summed E-state index contributed by atoms with van der Waals surface area (Å²) in [7, 11) is 0. The van der Waals surface area contributed by atoms with Crippen LogP contribution in [0.15, 0.2) is 6.07 Å². The summed E-state index contributed by atoms with van der Waals surface area (Å²) in [6.07, 6.45) is -3.16. The lowest BCUT2D eigenvalue weighted by Crippen LogP contribution is -2.34. The number of nitriles is 1. The summed E-state index contributed by atoms with van der Waals surface area (Å²) in [5, 5.41) is 8.80. The minimum Gasteiger partial charge on any atom is -0.356 e. The van der Waals surface area contributed by atoms with E-state index in [0.717, 1.165) is 6.07 Å². The van der Waals surface area contributed by atoms with Crippen LogP contribution in [0.1, 0.15) is 24.4 Å². The average molecular weight is 270 g/mol. The topological polar surface area (TPSA) is 52.8 Å². The Kier molecular flexibility index (Phi) is 3.60. The number of halogens is 3. The van der Waals surface area contributed by atoms with Crippen molar-refractivity contribution in [1.29, 1.82) is 5.26 Å². The van der Waals surface area contributed by atoms with Crippen molar-refractivity contribution in [2.45, 2.75) is 25.9 Å². The SMILES string of the molecule is Cc1nc(N2CCC(C#N)CC2)cc(C(F)(F)F)n1. The van der Waals surface area contributed by atoms with Gasteiger partial charge < -0.3 is 4.90 Å². The van der Waals surface area contributed by atoms with E-state index in [2.05, 4.69) is 16.0 Å².